The van der Waals surface area contributed by atoms with E-state index < -0.39 is 15.6 Å². The Balaban J connectivity index is 2.67. The highest BCUT2D eigenvalue weighted by Gasteiger charge is 2.24. The second kappa shape index (κ2) is 17.4. The summed E-state index contributed by atoms with van der Waals surface area (Å²) in [5, 5.41) is 0. The first-order valence-electron chi connectivity index (χ1n) is 13.2. The summed E-state index contributed by atoms with van der Waals surface area (Å²) in [7, 11) is -4.24. The average molecular weight is 469 g/mol. The molecule has 0 aliphatic carbocycles. The van der Waals surface area contributed by atoms with Crippen LogP contribution < -0.4 is 4.74 Å². The van der Waals surface area contributed by atoms with Crippen LogP contribution in [0.4, 0.5) is 0 Å². The highest BCUT2D eigenvalue weighted by atomic mass is 32.2. The Morgan fingerprint density at radius 1 is 0.750 bits per heavy atom. The lowest BCUT2D eigenvalue weighted by Gasteiger charge is -2.18. The highest BCUT2D eigenvalue weighted by molar-refractivity contribution is 7.86. The van der Waals surface area contributed by atoms with Crippen LogP contribution in [0.25, 0.3) is 0 Å². The van der Waals surface area contributed by atoms with Gasteiger partial charge < -0.3 is 4.74 Å². The van der Waals surface area contributed by atoms with Gasteiger partial charge in [-0.15, -0.1) is 0 Å². The van der Waals surface area contributed by atoms with Crippen molar-refractivity contribution in [3.63, 3.8) is 0 Å². The van der Waals surface area contributed by atoms with Crippen molar-refractivity contribution in [3.05, 3.63) is 29.3 Å². The monoisotopic (exact) mass is 468 g/mol. The lowest BCUT2D eigenvalue weighted by atomic mass is 9.99. The number of benzene rings is 1. The maximum absolute atomic E-state index is 11.7. The standard InChI is InChI=1S/C27H48O4S/c1-4-7-9-11-13-15-17-19-24-21-22-25(20-18-16-14-12-10-8-5-2)26(23-24)31-27(6-3)32(28,29)30/h21-23,27H,4-20H2,1-3H3,(H,28,29,30). The molecular weight excluding hydrogens is 420 g/mol. The van der Waals surface area contributed by atoms with Crippen molar-refractivity contribution in [2.45, 2.75) is 135 Å². The molecule has 0 aliphatic rings. The van der Waals surface area contributed by atoms with E-state index in [4.69, 9.17) is 4.74 Å². The molecular formula is C27H48O4S. The van der Waals surface area contributed by atoms with Crippen LogP contribution in [0.15, 0.2) is 18.2 Å². The van der Waals surface area contributed by atoms with Crippen LogP contribution in [0, 0.1) is 0 Å². The quantitative estimate of drug-likeness (QED) is 0.154. The summed E-state index contributed by atoms with van der Waals surface area (Å²) in [6.07, 6.45) is 19.6. The van der Waals surface area contributed by atoms with Gasteiger partial charge in [0.1, 0.15) is 5.75 Å². The molecule has 1 rings (SSSR count). The minimum absolute atomic E-state index is 0.220. The van der Waals surface area contributed by atoms with E-state index in [-0.39, 0.29) is 6.42 Å². The third kappa shape index (κ3) is 12.8. The maximum Gasteiger partial charge on any atom is 0.303 e. The van der Waals surface area contributed by atoms with E-state index in [9.17, 15) is 13.0 Å². The predicted molar refractivity (Wildman–Crippen MR) is 136 cm³/mol. The molecule has 186 valence electrons. The first kappa shape index (κ1) is 29.0. The van der Waals surface area contributed by atoms with Gasteiger partial charge in [-0.2, -0.15) is 8.42 Å². The summed E-state index contributed by atoms with van der Waals surface area (Å²) in [6, 6.07) is 6.26. The molecule has 0 saturated carbocycles. The van der Waals surface area contributed by atoms with Crippen molar-refractivity contribution in [2.24, 2.45) is 0 Å². The van der Waals surface area contributed by atoms with E-state index in [2.05, 4.69) is 26.0 Å². The Bertz CT molecular complexity index is 700. The fourth-order valence-electron chi connectivity index (χ4n) is 4.13. The Kier molecular flexibility index (Phi) is 15.8. The third-order valence-corrected chi connectivity index (χ3v) is 7.27. The SMILES string of the molecule is CCCCCCCCCc1ccc(CCCCCCCCC)c(OC(CC)S(=O)(=O)O)c1. The molecule has 0 radical (unpaired) electrons. The van der Waals surface area contributed by atoms with Crippen LogP contribution in [-0.2, 0) is 23.0 Å². The predicted octanol–water partition coefficient (Wildman–Crippen LogP) is 8.28. The van der Waals surface area contributed by atoms with Gasteiger partial charge in [0.2, 0.25) is 5.44 Å². The molecule has 1 N–H and O–H groups in total. The van der Waals surface area contributed by atoms with Crippen molar-refractivity contribution in [2.75, 3.05) is 0 Å². The van der Waals surface area contributed by atoms with Gasteiger partial charge in [0, 0.05) is 0 Å². The molecule has 1 aromatic carbocycles. The molecule has 0 amide bonds. The molecule has 5 heteroatoms. The van der Waals surface area contributed by atoms with Crippen molar-refractivity contribution in [3.8, 4) is 5.75 Å². The van der Waals surface area contributed by atoms with E-state index >= 15 is 0 Å². The first-order chi connectivity index (χ1) is 15.4. The number of unbranched alkanes of at least 4 members (excludes halogenated alkanes) is 12. The molecule has 0 heterocycles. The molecule has 0 saturated heterocycles. The Morgan fingerprint density at radius 2 is 1.25 bits per heavy atom. The van der Waals surface area contributed by atoms with Gasteiger partial charge in [0.15, 0.2) is 0 Å². The molecule has 1 unspecified atom stereocenters. The summed E-state index contributed by atoms with van der Waals surface area (Å²) in [5.41, 5.74) is 1.02. The van der Waals surface area contributed by atoms with E-state index in [0.29, 0.717) is 5.75 Å². The lowest BCUT2D eigenvalue weighted by molar-refractivity contribution is 0.250. The van der Waals surface area contributed by atoms with Crippen molar-refractivity contribution < 1.29 is 17.7 Å². The summed E-state index contributed by atoms with van der Waals surface area (Å²) < 4.78 is 38.8. The summed E-state index contributed by atoms with van der Waals surface area (Å²) in [5.74, 6) is 0.626. The summed E-state index contributed by atoms with van der Waals surface area (Å²) in [4.78, 5) is 0. The van der Waals surface area contributed by atoms with Gasteiger partial charge >= 0.3 is 10.1 Å². The van der Waals surface area contributed by atoms with Gasteiger partial charge in [0.05, 0.1) is 0 Å². The van der Waals surface area contributed by atoms with Crippen LogP contribution in [0.5, 0.6) is 5.75 Å². The molecule has 0 bridgehead atoms. The Morgan fingerprint density at radius 3 is 1.75 bits per heavy atom. The summed E-state index contributed by atoms with van der Waals surface area (Å²) >= 11 is 0. The van der Waals surface area contributed by atoms with Crippen LogP contribution in [-0.4, -0.2) is 18.4 Å². The average Bonchev–Trinajstić information content (AvgIpc) is 2.76. The van der Waals surface area contributed by atoms with E-state index in [1.54, 1.807) is 6.92 Å². The fourth-order valence-corrected chi connectivity index (χ4v) is 4.77. The van der Waals surface area contributed by atoms with E-state index in [1.165, 1.54) is 82.6 Å². The van der Waals surface area contributed by atoms with Crippen molar-refractivity contribution >= 4 is 10.1 Å². The number of ether oxygens (including phenoxy) is 1. The van der Waals surface area contributed by atoms with Crippen LogP contribution in [0.1, 0.15) is 128 Å². The zero-order valence-electron chi connectivity index (χ0n) is 20.9. The summed E-state index contributed by atoms with van der Waals surface area (Å²) in [6.45, 7) is 6.19. The van der Waals surface area contributed by atoms with Crippen molar-refractivity contribution in [1.82, 2.24) is 0 Å². The molecule has 32 heavy (non-hydrogen) atoms. The topological polar surface area (TPSA) is 63.6 Å². The first-order valence-corrected chi connectivity index (χ1v) is 14.7. The van der Waals surface area contributed by atoms with Gasteiger partial charge in [0.25, 0.3) is 0 Å². The van der Waals surface area contributed by atoms with Gasteiger partial charge in [-0.1, -0.05) is 110 Å². The normalized spacial score (nSPS) is 12.8. The molecule has 1 aromatic rings. The molecule has 0 aromatic heterocycles. The Hall–Kier alpha value is -1.07. The molecule has 0 aliphatic heterocycles. The second-order valence-electron chi connectivity index (χ2n) is 9.16. The van der Waals surface area contributed by atoms with Gasteiger partial charge in [-0.25, -0.2) is 0 Å². The number of rotatable bonds is 20. The smallest absolute Gasteiger partial charge is 0.303 e. The van der Waals surface area contributed by atoms with E-state index in [0.717, 1.165) is 31.2 Å². The van der Waals surface area contributed by atoms with Crippen LogP contribution in [0.2, 0.25) is 0 Å². The van der Waals surface area contributed by atoms with Crippen LogP contribution >= 0.6 is 0 Å². The highest BCUT2D eigenvalue weighted by Crippen LogP contribution is 2.27. The zero-order valence-corrected chi connectivity index (χ0v) is 21.7. The largest absolute Gasteiger partial charge is 0.472 e. The molecule has 1 atom stereocenters. The zero-order chi connectivity index (χ0) is 23.7. The van der Waals surface area contributed by atoms with Crippen molar-refractivity contribution in [1.29, 1.82) is 0 Å². The number of hydrogen-bond acceptors (Lipinski definition) is 3. The number of hydrogen-bond donors (Lipinski definition) is 1. The van der Waals surface area contributed by atoms with Gasteiger partial charge in [-0.05, 0) is 49.3 Å². The van der Waals surface area contributed by atoms with E-state index in [1.807, 2.05) is 6.07 Å². The van der Waals surface area contributed by atoms with Crippen LogP contribution in [0.3, 0.4) is 0 Å². The molecule has 4 nitrogen and oxygen atoms in total. The third-order valence-electron chi connectivity index (χ3n) is 6.17. The molecule has 0 fully saturated rings. The second-order valence-corrected chi connectivity index (χ2v) is 10.7. The Labute approximate surface area is 198 Å². The number of aryl methyl sites for hydroxylation is 2. The maximum atomic E-state index is 11.7. The minimum Gasteiger partial charge on any atom is -0.472 e. The fraction of sp³-hybridized carbons (Fsp3) is 0.778. The lowest BCUT2D eigenvalue weighted by Crippen LogP contribution is -2.26. The molecule has 0 spiro atoms. The minimum atomic E-state index is -4.24. The van der Waals surface area contributed by atoms with Gasteiger partial charge in [-0.3, -0.25) is 4.55 Å².